The van der Waals surface area contributed by atoms with E-state index in [4.69, 9.17) is 0 Å². The van der Waals surface area contributed by atoms with E-state index in [1.807, 2.05) is 41.5 Å². The van der Waals surface area contributed by atoms with Crippen molar-refractivity contribution in [3.05, 3.63) is 24.3 Å². The molecule has 0 saturated heterocycles. The summed E-state index contributed by atoms with van der Waals surface area (Å²) in [6, 6.07) is 5.61. The fourth-order valence-corrected chi connectivity index (χ4v) is 6.73. The smallest absolute Gasteiger partial charge is 0.426 e. The largest absolute Gasteiger partial charge is 0.499 e. The van der Waals surface area contributed by atoms with Crippen LogP contribution in [0.2, 0.25) is 0 Å². The standard InChI is InChI=1S/C16H22F5OP/c1-13(2,3)23(14(4,5)6)12-9-7-8-11(10-12)22-16(20,21)15(17,18)19/h7-10H,1-6H3. The van der Waals surface area contributed by atoms with Crippen molar-refractivity contribution in [3.63, 3.8) is 0 Å². The molecule has 1 aromatic carbocycles. The van der Waals surface area contributed by atoms with E-state index in [2.05, 4.69) is 4.74 Å². The van der Waals surface area contributed by atoms with E-state index < -0.39 is 26.0 Å². The van der Waals surface area contributed by atoms with Crippen LogP contribution in [0.3, 0.4) is 0 Å². The monoisotopic (exact) mass is 356 g/mol. The second kappa shape index (κ2) is 6.19. The molecule has 0 spiro atoms. The fourth-order valence-electron chi connectivity index (χ4n) is 2.67. The quantitative estimate of drug-likeness (QED) is 0.482. The van der Waals surface area contributed by atoms with Gasteiger partial charge in [-0.1, -0.05) is 61.6 Å². The number of ether oxygens (including phenoxy) is 1. The zero-order valence-electron chi connectivity index (χ0n) is 14.1. The molecule has 0 aliphatic carbocycles. The highest BCUT2D eigenvalue weighted by atomic mass is 31.1. The minimum absolute atomic E-state index is 0.140. The van der Waals surface area contributed by atoms with Crippen molar-refractivity contribution >= 4 is 13.2 Å². The highest BCUT2D eigenvalue weighted by Gasteiger charge is 2.61. The Bertz CT molecular complexity index is 527. The van der Waals surface area contributed by atoms with Crippen LogP contribution in [0.1, 0.15) is 41.5 Å². The summed E-state index contributed by atoms with van der Waals surface area (Å²) in [6.45, 7) is 12.2. The maximum absolute atomic E-state index is 13.1. The normalized spacial score (nSPS) is 14.3. The van der Waals surface area contributed by atoms with Crippen LogP contribution in [-0.4, -0.2) is 22.6 Å². The third-order valence-corrected chi connectivity index (χ3v) is 6.47. The molecular formula is C16H22F5OP. The molecule has 1 nitrogen and oxygen atoms in total. The van der Waals surface area contributed by atoms with E-state index in [-0.39, 0.29) is 10.3 Å². The Morgan fingerprint density at radius 3 is 1.70 bits per heavy atom. The van der Waals surface area contributed by atoms with Crippen molar-refractivity contribution in [1.29, 1.82) is 0 Å². The maximum Gasteiger partial charge on any atom is 0.499 e. The van der Waals surface area contributed by atoms with Gasteiger partial charge in [0.05, 0.1) is 0 Å². The van der Waals surface area contributed by atoms with Crippen molar-refractivity contribution in [1.82, 2.24) is 0 Å². The molecule has 0 aliphatic rings. The summed E-state index contributed by atoms with van der Waals surface area (Å²) in [5.41, 5.74) is 0. The van der Waals surface area contributed by atoms with Crippen molar-refractivity contribution < 1.29 is 26.7 Å². The molecule has 0 heterocycles. The van der Waals surface area contributed by atoms with Crippen LogP contribution in [0.5, 0.6) is 5.75 Å². The first-order chi connectivity index (χ1) is 10.1. The zero-order chi connectivity index (χ0) is 18.3. The number of rotatable bonds is 3. The molecule has 0 fully saturated rings. The van der Waals surface area contributed by atoms with Gasteiger partial charge in [-0.3, -0.25) is 0 Å². The van der Waals surface area contributed by atoms with Crippen LogP contribution in [-0.2, 0) is 0 Å². The number of halogens is 5. The maximum atomic E-state index is 13.1. The van der Waals surface area contributed by atoms with Crippen LogP contribution in [0, 0.1) is 0 Å². The van der Waals surface area contributed by atoms with Gasteiger partial charge in [-0.05, 0) is 27.7 Å². The molecule has 0 radical (unpaired) electrons. The number of benzene rings is 1. The second-order valence-corrected chi connectivity index (χ2v) is 11.2. The Morgan fingerprint density at radius 1 is 0.826 bits per heavy atom. The molecule has 0 bridgehead atoms. The van der Waals surface area contributed by atoms with E-state index in [1.54, 1.807) is 6.07 Å². The molecule has 132 valence electrons. The third kappa shape index (κ3) is 5.03. The summed E-state index contributed by atoms with van der Waals surface area (Å²) in [5.74, 6) is -0.481. The van der Waals surface area contributed by atoms with Crippen molar-refractivity contribution in [3.8, 4) is 5.75 Å². The van der Waals surface area contributed by atoms with Crippen LogP contribution >= 0.6 is 7.92 Å². The summed E-state index contributed by atoms with van der Waals surface area (Å²) in [6.07, 6.45) is -11.0. The molecule has 0 amide bonds. The van der Waals surface area contributed by atoms with Crippen LogP contribution < -0.4 is 10.0 Å². The molecule has 7 heteroatoms. The molecule has 0 N–H and O–H groups in total. The Balaban J connectivity index is 3.23. The van der Waals surface area contributed by atoms with E-state index in [0.717, 1.165) is 11.4 Å². The number of alkyl halides is 5. The minimum Gasteiger partial charge on any atom is -0.426 e. The lowest BCUT2D eigenvalue weighted by Gasteiger charge is -2.41. The molecular weight excluding hydrogens is 334 g/mol. The summed E-state index contributed by atoms with van der Waals surface area (Å²) in [4.78, 5) is 0. The second-order valence-electron chi connectivity index (χ2n) is 7.29. The molecule has 1 rings (SSSR count). The molecule has 0 saturated carbocycles. The van der Waals surface area contributed by atoms with Crippen LogP contribution in [0.25, 0.3) is 0 Å². The SMILES string of the molecule is CC(C)(C)P(c1cccc(OC(F)(F)C(F)(F)F)c1)C(C)(C)C. The van der Waals surface area contributed by atoms with Gasteiger partial charge in [0.2, 0.25) is 0 Å². The van der Waals surface area contributed by atoms with E-state index in [1.165, 1.54) is 12.1 Å². The summed E-state index contributed by atoms with van der Waals surface area (Å²) in [7, 11) is -0.830. The van der Waals surface area contributed by atoms with Gasteiger partial charge in [-0.25, -0.2) is 0 Å². The highest BCUT2D eigenvalue weighted by molar-refractivity contribution is 7.68. The van der Waals surface area contributed by atoms with E-state index in [0.29, 0.717) is 0 Å². The van der Waals surface area contributed by atoms with E-state index in [9.17, 15) is 22.0 Å². The van der Waals surface area contributed by atoms with Gasteiger partial charge in [0, 0.05) is 0 Å². The average molecular weight is 356 g/mol. The predicted molar refractivity (Wildman–Crippen MR) is 84.1 cm³/mol. The predicted octanol–water partition coefficient (Wildman–Crippen LogP) is 5.92. The molecule has 0 atom stereocenters. The lowest BCUT2D eigenvalue weighted by molar-refractivity contribution is -0.360. The first-order valence-corrected chi connectivity index (χ1v) is 8.44. The van der Waals surface area contributed by atoms with Gasteiger partial charge < -0.3 is 4.74 Å². The number of hydrogen-bond acceptors (Lipinski definition) is 1. The Morgan fingerprint density at radius 2 is 1.30 bits per heavy atom. The van der Waals surface area contributed by atoms with Crippen LogP contribution in [0.15, 0.2) is 24.3 Å². The van der Waals surface area contributed by atoms with Gasteiger partial charge >= 0.3 is 12.3 Å². The molecule has 0 aromatic heterocycles. The van der Waals surface area contributed by atoms with Crippen LogP contribution in [0.4, 0.5) is 22.0 Å². The minimum atomic E-state index is -5.75. The van der Waals surface area contributed by atoms with Gasteiger partial charge in [0.15, 0.2) is 0 Å². The van der Waals surface area contributed by atoms with Gasteiger partial charge in [0.25, 0.3) is 0 Å². The van der Waals surface area contributed by atoms with Gasteiger partial charge in [-0.2, -0.15) is 22.0 Å². The third-order valence-electron chi connectivity index (χ3n) is 2.99. The lowest BCUT2D eigenvalue weighted by atomic mass is 10.2. The molecule has 0 aliphatic heterocycles. The van der Waals surface area contributed by atoms with Crippen molar-refractivity contribution in [2.75, 3.05) is 0 Å². The Labute approximate surface area is 135 Å². The first kappa shape index (κ1) is 20.1. The summed E-state index contributed by atoms with van der Waals surface area (Å²) in [5, 5.41) is 0.452. The van der Waals surface area contributed by atoms with Gasteiger partial charge in [0.1, 0.15) is 5.75 Å². The highest BCUT2D eigenvalue weighted by Crippen LogP contribution is 2.58. The van der Waals surface area contributed by atoms with Crippen molar-refractivity contribution in [2.45, 2.75) is 64.1 Å². The summed E-state index contributed by atoms with van der Waals surface area (Å²) < 4.78 is 66.9. The number of hydrogen-bond donors (Lipinski definition) is 0. The van der Waals surface area contributed by atoms with Crippen molar-refractivity contribution in [2.24, 2.45) is 0 Å². The molecule has 0 unspecified atom stereocenters. The fraction of sp³-hybridized carbons (Fsp3) is 0.625. The Hall–Kier alpha value is -0.900. The molecule has 1 aromatic rings. The van der Waals surface area contributed by atoms with E-state index >= 15 is 0 Å². The average Bonchev–Trinajstić information content (AvgIpc) is 2.22. The molecule has 23 heavy (non-hydrogen) atoms. The first-order valence-electron chi connectivity index (χ1n) is 7.10. The Kier molecular flexibility index (Phi) is 5.42. The zero-order valence-corrected chi connectivity index (χ0v) is 14.9. The topological polar surface area (TPSA) is 9.23 Å². The lowest BCUT2D eigenvalue weighted by Crippen LogP contribution is -2.42. The summed E-state index contributed by atoms with van der Waals surface area (Å²) >= 11 is 0. The van der Waals surface area contributed by atoms with Gasteiger partial charge in [-0.15, -0.1) is 0 Å².